The van der Waals surface area contributed by atoms with E-state index in [0.717, 1.165) is 45.9 Å². The van der Waals surface area contributed by atoms with E-state index in [-0.39, 0.29) is 0 Å². The summed E-state index contributed by atoms with van der Waals surface area (Å²) in [5.41, 5.74) is 1.35. The lowest BCUT2D eigenvalue weighted by molar-refractivity contribution is 0.0342. The molecule has 1 heterocycles. The van der Waals surface area contributed by atoms with Crippen molar-refractivity contribution in [3.8, 4) is 0 Å². The Labute approximate surface area is 118 Å². The molecule has 0 amide bonds. The highest BCUT2D eigenvalue weighted by Gasteiger charge is 2.11. The maximum Gasteiger partial charge on any atom is 0.0594 e. The maximum absolute atomic E-state index is 5.36. The molecule has 0 aliphatic carbocycles. The summed E-state index contributed by atoms with van der Waals surface area (Å²) in [7, 11) is 2.18. The highest BCUT2D eigenvalue weighted by atomic mass is 79.9. The van der Waals surface area contributed by atoms with Crippen molar-refractivity contribution in [2.24, 2.45) is 0 Å². The van der Waals surface area contributed by atoms with Crippen LogP contribution in [0.1, 0.15) is 5.56 Å². The highest BCUT2D eigenvalue weighted by Crippen LogP contribution is 2.17. The van der Waals surface area contributed by atoms with E-state index in [9.17, 15) is 0 Å². The number of morpholine rings is 1. The van der Waals surface area contributed by atoms with Crippen LogP contribution < -0.4 is 0 Å². The molecular formula is C14H21BrN2O. The van der Waals surface area contributed by atoms with E-state index in [4.69, 9.17) is 4.74 Å². The first-order valence-electron chi connectivity index (χ1n) is 6.48. The Hall–Kier alpha value is -0.420. The first-order valence-corrected chi connectivity index (χ1v) is 7.27. The first-order chi connectivity index (χ1) is 8.75. The molecule has 4 heteroatoms. The van der Waals surface area contributed by atoms with Crippen LogP contribution in [0.3, 0.4) is 0 Å². The second kappa shape index (κ2) is 7.24. The van der Waals surface area contributed by atoms with Crippen molar-refractivity contribution < 1.29 is 4.74 Å². The van der Waals surface area contributed by atoms with Crippen molar-refractivity contribution >= 4 is 15.9 Å². The van der Waals surface area contributed by atoms with Crippen LogP contribution in [-0.2, 0) is 11.3 Å². The van der Waals surface area contributed by atoms with Crippen molar-refractivity contribution in [3.05, 3.63) is 34.3 Å². The van der Waals surface area contributed by atoms with Crippen LogP contribution >= 0.6 is 15.9 Å². The van der Waals surface area contributed by atoms with Gasteiger partial charge in [-0.3, -0.25) is 4.90 Å². The molecule has 1 aromatic rings. The summed E-state index contributed by atoms with van der Waals surface area (Å²) in [5.74, 6) is 0. The average molecular weight is 313 g/mol. The Morgan fingerprint density at radius 2 is 2.00 bits per heavy atom. The van der Waals surface area contributed by atoms with Gasteiger partial charge in [0.05, 0.1) is 13.2 Å². The van der Waals surface area contributed by atoms with Gasteiger partial charge < -0.3 is 9.64 Å². The van der Waals surface area contributed by atoms with Gasteiger partial charge >= 0.3 is 0 Å². The third-order valence-electron chi connectivity index (χ3n) is 3.30. The van der Waals surface area contributed by atoms with E-state index in [1.807, 2.05) is 0 Å². The van der Waals surface area contributed by atoms with E-state index in [1.54, 1.807) is 0 Å². The summed E-state index contributed by atoms with van der Waals surface area (Å²) in [5, 5.41) is 0. The minimum atomic E-state index is 0.883. The molecule has 0 saturated carbocycles. The molecule has 1 aromatic carbocycles. The standard InChI is InChI=1S/C14H21BrN2O/c1-16(6-7-17-8-10-18-11-9-17)12-13-4-2-3-5-14(13)15/h2-5H,6-12H2,1H3. The van der Waals surface area contributed by atoms with Crippen LogP contribution in [0.15, 0.2) is 28.7 Å². The zero-order valence-corrected chi connectivity index (χ0v) is 12.5. The Morgan fingerprint density at radius 3 is 2.72 bits per heavy atom. The van der Waals surface area contributed by atoms with Gasteiger partial charge in [0.2, 0.25) is 0 Å². The second-order valence-electron chi connectivity index (χ2n) is 4.78. The van der Waals surface area contributed by atoms with Crippen LogP contribution in [0.2, 0.25) is 0 Å². The summed E-state index contributed by atoms with van der Waals surface area (Å²) >= 11 is 3.60. The van der Waals surface area contributed by atoms with Gasteiger partial charge in [0.1, 0.15) is 0 Å². The van der Waals surface area contributed by atoms with Crippen molar-refractivity contribution in [2.45, 2.75) is 6.54 Å². The van der Waals surface area contributed by atoms with Gasteiger partial charge in [-0.2, -0.15) is 0 Å². The second-order valence-corrected chi connectivity index (χ2v) is 5.64. The molecule has 2 rings (SSSR count). The molecule has 1 aliphatic heterocycles. The summed E-state index contributed by atoms with van der Waals surface area (Å²) in [4.78, 5) is 4.84. The number of hydrogen-bond donors (Lipinski definition) is 0. The normalized spacial score (nSPS) is 17.3. The fourth-order valence-electron chi connectivity index (χ4n) is 2.13. The molecule has 0 bridgehead atoms. The van der Waals surface area contributed by atoms with Gasteiger partial charge in [0.15, 0.2) is 0 Å². The van der Waals surface area contributed by atoms with Crippen LogP contribution in [0.4, 0.5) is 0 Å². The molecule has 0 unspecified atom stereocenters. The number of rotatable bonds is 5. The minimum absolute atomic E-state index is 0.883. The fraction of sp³-hybridized carbons (Fsp3) is 0.571. The molecule has 0 N–H and O–H groups in total. The van der Waals surface area contributed by atoms with Crippen molar-refractivity contribution in [2.75, 3.05) is 46.4 Å². The zero-order chi connectivity index (χ0) is 12.8. The number of likely N-dealkylation sites (N-methyl/N-ethyl adjacent to an activating group) is 1. The number of halogens is 1. The van der Waals surface area contributed by atoms with Gasteiger partial charge in [-0.25, -0.2) is 0 Å². The molecule has 1 fully saturated rings. The topological polar surface area (TPSA) is 15.7 Å². The molecular weight excluding hydrogens is 292 g/mol. The molecule has 18 heavy (non-hydrogen) atoms. The van der Waals surface area contributed by atoms with E-state index in [1.165, 1.54) is 10.0 Å². The summed E-state index contributed by atoms with van der Waals surface area (Å²) < 4.78 is 6.55. The Bertz CT molecular complexity index is 367. The predicted octanol–water partition coefficient (Wildman–Crippen LogP) is 2.21. The van der Waals surface area contributed by atoms with Crippen LogP contribution in [0, 0.1) is 0 Å². The molecule has 1 saturated heterocycles. The lowest BCUT2D eigenvalue weighted by atomic mass is 10.2. The first kappa shape index (κ1) is 14.0. The monoisotopic (exact) mass is 312 g/mol. The molecule has 3 nitrogen and oxygen atoms in total. The number of ether oxygens (including phenoxy) is 1. The molecule has 0 radical (unpaired) electrons. The van der Waals surface area contributed by atoms with Gasteiger partial charge in [-0.05, 0) is 18.7 Å². The summed E-state index contributed by atoms with van der Waals surface area (Å²) in [6.07, 6.45) is 0. The van der Waals surface area contributed by atoms with Crippen LogP contribution in [-0.4, -0.2) is 56.2 Å². The smallest absolute Gasteiger partial charge is 0.0594 e. The lowest BCUT2D eigenvalue weighted by Gasteiger charge is -2.28. The highest BCUT2D eigenvalue weighted by molar-refractivity contribution is 9.10. The Kier molecular flexibility index (Phi) is 5.63. The number of nitrogens with zero attached hydrogens (tertiary/aromatic N) is 2. The third-order valence-corrected chi connectivity index (χ3v) is 4.07. The van der Waals surface area contributed by atoms with Gasteiger partial charge in [0.25, 0.3) is 0 Å². The van der Waals surface area contributed by atoms with Crippen molar-refractivity contribution in [1.82, 2.24) is 9.80 Å². The Balaban J connectivity index is 1.74. The van der Waals surface area contributed by atoms with E-state index in [0.29, 0.717) is 0 Å². The molecule has 0 atom stereocenters. The number of benzene rings is 1. The van der Waals surface area contributed by atoms with E-state index >= 15 is 0 Å². The SMILES string of the molecule is CN(CCN1CCOCC1)Cc1ccccc1Br. The molecule has 1 aliphatic rings. The van der Waals surface area contributed by atoms with Gasteiger partial charge in [-0.1, -0.05) is 34.1 Å². The summed E-state index contributed by atoms with van der Waals surface area (Å²) in [6, 6.07) is 8.43. The minimum Gasteiger partial charge on any atom is -0.379 e. The third kappa shape index (κ3) is 4.35. The van der Waals surface area contributed by atoms with Crippen LogP contribution in [0.5, 0.6) is 0 Å². The van der Waals surface area contributed by atoms with Crippen molar-refractivity contribution in [1.29, 1.82) is 0 Å². The fourth-order valence-corrected chi connectivity index (χ4v) is 2.54. The average Bonchev–Trinajstić information content (AvgIpc) is 2.40. The van der Waals surface area contributed by atoms with Crippen molar-refractivity contribution in [3.63, 3.8) is 0 Å². The van der Waals surface area contributed by atoms with E-state index < -0.39 is 0 Å². The Morgan fingerprint density at radius 1 is 1.28 bits per heavy atom. The molecule has 0 aromatic heterocycles. The lowest BCUT2D eigenvalue weighted by Crippen LogP contribution is -2.40. The largest absolute Gasteiger partial charge is 0.379 e. The summed E-state index contributed by atoms with van der Waals surface area (Å²) in [6.45, 7) is 7.13. The molecule has 100 valence electrons. The van der Waals surface area contributed by atoms with Gasteiger partial charge in [0, 0.05) is 37.2 Å². The van der Waals surface area contributed by atoms with Crippen LogP contribution in [0.25, 0.3) is 0 Å². The molecule has 0 spiro atoms. The maximum atomic E-state index is 5.36. The van der Waals surface area contributed by atoms with Gasteiger partial charge in [-0.15, -0.1) is 0 Å². The zero-order valence-electron chi connectivity index (χ0n) is 10.9. The predicted molar refractivity (Wildman–Crippen MR) is 77.7 cm³/mol. The van der Waals surface area contributed by atoms with E-state index in [2.05, 4.69) is 57.0 Å². The number of hydrogen-bond acceptors (Lipinski definition) is 3. The quantitative estimate of drug-likeness (QED) is 0.829.